The van der Waals surface area contributed by atoms with Gasteiger partial charge in [-0.3, -0.25) is 0 Å². The first kappa shape index (κ1) is 6.31. The standard InChI is InChI=1S/C9H8O3/c10-5-9-7-4-11-2-1-6(7)3-8(9)12-9/h1-3,10H,4-5H2. The van der Waals surface area contributed by atoms with Crippen LogP contribution >= 0.6 is 0 Å². The van der Waals surface area contributed by atoms with Gasteiger partial charge in [-0.2, -0.15) is 0 Å². The van der Waals surface area contributed by atoms with Gasteiger partial charge in [0.1, 0.15) is 12.4 Å². The minimum atomic E-state index is -0.486. The summed E-state index contributed by atoms with van der Waals surface area (Å²) in [6.07, 6.45) is 5.54. The first-order chi connectivity index (χ1) is 5.87. The maximum absolute atomic E-state index is 9.13. The molecule has 1 saturated heterocycles. The summed E-state index contributed by atoms with van der Waals surface area (Å²) in [5.41, 5.74) is 1.71. The number of aliphatic hydroxyl groups is 1. The molecule has 0 aromatic heterocycles. The lowest BCUT2D eigenvalue weighted by Gasteiger charge is -2.15. The Balaban J connectivity index is 2.09. The highest BCUT2D eigenvalue weighted by Crippen LogP contribution is 2.53. The summed E-state index contributed by atoms with van der Waals surface area (Å²) in [7, 11) is 0. The van der Waals surface area contributed by atoms with Crippen LogP contribution in [0, 0.1) is 0 Å². The van der Waals surface area contributed by atoms with Crippen LogP contribution < -0.4 is 0 Å². The van der Waals surface area contributed by atoms with Gasteiger partial charge in [-0.05, 0) is 17.7 Å². The lowest BCUT2D eigenvalue weighted by atomic mass is 10.00. The Hall–Kier alpha value is -1.22. The van der Waals surface area contributed by atoms with Crippen LogP contribution in [0.25, 0.3) is 0 Å². The van der Waals surface area contributed by atoms with Crippen molar-refractivity contribution in [1.29, 1.82) is 0 Å². The molecule has 0 saturated carbocycles. The van der Waals surface area contributed by atoms with Gasteiger partial charge >= 0.3 is 0 Å². The van der Waals surface area contributed by atoms with E-state index in [-0.39, 0.29) is 6.61 Å². The van der Waals surface area contributed by atoms with E-state index in [4.69, 9.17) is 14.6 Å². The van der Waals surface area contributed by atoms with E-state index in [0.29, 0.717) is 6.61 Å². The fraction of sp³-hybridized carbons (Fsp3) is 0.333. The van der Waals surface area contributed by atoms with Crippen LogP contribution in [0.2, 0.25) is 0 Å². The average Bonchev–Trinajstić information content (AvgIpc) is 2.75. The largest absolute Gasteiger partial charge is 0.497 e. The predicted molar refractivity (Wildman–Crippen MR) is 41.1 cm³/mol. The van der Waals surface area contributed by atoms with Crippen LogP contribution in [-0.2, 0) is 9.47 Å². The van der Waals surface area contributed by atoms with Crippen molar-refractivity contribution in [3.05, 3.63) is 35.3 Å². The van der Waals surface area contributed by atoms with Gasteiger partial charge in [0.2, 0.25) is 5.60 Å². The van der Waals surface area contributed by atoms with Gasteiger partial charge < -0.3 is 14.6 Å². The van der Waals surface area contributed by atoms with Crippen molar-refractivity contribution in [1.82, 2.24) is 0 Å². The van der Waals surface area contributed by atoms with E-state index < -0.39 is 5.60 Å². The molecule has 2 aliphatic heterocycles. The van der Waals surface area contributed by atoms with Crippen molar-refractivity contribution in [2.24, 2.45) is 0 Å². The number of fused-ring (bicyclic) bond motifs is 2. The van der Waals surface area contributed by atoms with Gasteiger partial charge in [0.25, 0.3) is 0 Å². The van der Waals surface area contributed by atoms with Crippen molar-refractivity contribution in [2.45, 2.75) is 5.60 Å². The summed E-state index contributed by atoms with van der Waals surface area (Å²) in [5, 5.41) is 9.13. The third-order valence-corrected chi connectivity index (χ3v) is 2.56. The van der Waals surface area contributed by atoms with E-state index in [1.807, 2.05) is 12.2 Å². The summed E-state index contributed by atoms with van der Waals surface area (Å²) in [6, 6.07) is 0. The molecule has 1 aliphatic carbocycles. The van der Waals surface area contributed by atoms with Crippen LogP contribution in [0.4, 0.5) is 0 Å². The highest BCUT2D eigenvalue weighted by atomic mass is 16.6. The Morgan fingerprint density at radius 3 is 3.33 bits per heavy atom. The van der Waals surface area contributed by atoms with E-state index in [2.05, 4.69) is 0 Å². The Bertz CT molecular complexity index is 338. The predicted octanol–water partition coefficient (Wildman–Crippen LogP) is 0.486. The van der Waals surface area contributed by atoms with E-state index in [0.717, 1.165) is 16.9 Å². The van der Waals surface area contributed by atoms with E-state index in [9.17, 15) is 0 Å². The molecule has 1 fully saturated rings. The molecule has 0 bridgehead atoms. The Morgan fingerprint density at radius 2 is 2.50 bits per heavy atom. The summed E-state index contributed by atoms with van der Waals surface area (Å²) in [5.74, 6) is 0.880. The summed E-state index contributed by atoms with van der Waals surface area (Å²) in [6.45, 7) is 0.557. The van der Waals surface area contributed by atoms with Gasteiger partial charge in [0, 0.05) is 5.57 Å². The summed E-state index contributed by atoms with van der Waals surface area (Å²) in [4.78, 5) is 0. The molecule has 0 aromatic rings. The third kappa shape index (κ3) is 0.526. The fourth-order valence-electron chi connectivity index (χ4n) is 1.79. The van der Waals surface area contributed by atoms with Gasteiger partial charge in [0.15, 0.2) is 0 Å². The molecule has 1 unspecified atom stereocenters. The zero-order valence-corrected chi connectivity index (χ0v) is 6.41. The molecule has 3 aliphatic rings. The number of rotatable bonds is 1. The molecule has 1 N–H and O–H groups in total. The minimum absolute atomic E-state index is 0.0227. The first-order valence-corrected chi connectivity index (χ1v) is 3.91. The Morgan fingerprint density at radius 1 is 1.58 bits per heavy atom. The molecule has 0 amide bonds. The van der Waals surface area contributed by atoms with E-state index in [1.165, 1.54) is 0 Å². The molecule has 0 radical (unpaired) electrons. The molecular formula is C9H8O3. The number of epoxide rings is 1. The molecule has 62 valence electrons. The summed E-state index contributed by atoms with van der Waals surface area (Å²) < 4.78 is 10.4. The summed E-state index contributed by atoms with van der Waals surface area (Å²) >= 11 is 0. The zero-order chi connectivity index (χ0) is 8.18. The molecule has 12 heavy (non-hydrogen) atoms. The van der Waals surface area contributed by atoms with Crippen molar-refractivity contribution in [3.63, 3.8) is 0 Å². The van der Waals surface area contributed by atoms with Crippen molar-refractivity contribution in [3.8, 4) is 0 Å². The Labute approximate surface area is 69.6 Å². The lowest BCUT2D eigenvalue weighted by Crippen LogP contribution is -2.22. The number of hydrogen-bond acceptors (Lipinski definition) is 3. The monoisotopic (exact) mass is 164 g/mol. The highest BCUT2D eigenvalue weighted by Gasteiger charge is 2.59. The third-order valence-electron chi connectivity index (χ3n) is 2.56. The molecule has 0 spiro atoms. The molecule has 3 rings (SSSR count). The van der Waals surface area contributed by atoms with Crippen LogP contribution in [0.3, 0.4) is 0 Å². The van der Waals surface area contributed by atoms with Crippen molar-refractivity contribution < 1.29 is 14.6 Å². The van der Waals surface area contributed by atoms with Gasteiger partial charge in [0.05, 0.1) is 12.9 Å². The second-order valence-electron chi connectivity index (χ2n) is 3.14. The number of ether oxygens (including phenoxy) is 2. The first-order valence-electron chi connectivity index (χ1n) is 3.91. The second kappa shape index (κ2) is 1.75. The average molecular weight is 164 g/mol. The normalized spacial score (nSPS) is 34.9. The molecule has 2 heterocycles. The van der Waals surface area contributed by atoms with Crippen LogP contribution in [0.15, 0.2) is 35.3 Å². The zero-order valence-electron chi connectivity index (χ0n) is 6.41. The SMILES string of the molecule is OCC12OC1=CC1=C2COC=C1. The van der Waals surface area contributed by atoms with Gasteiger partial charge in [-0.25, -0.2) is 0 Å². The molecular weight excluding hydrogens is 156 g/mol. The molecule has 3 nitrogen and oxygen atoms in total. The number of hydrogen-bond donors (Lipinski definition) is 1. The smallest absolute Gasteiger partial charge is 0.213 e. The lowest BCUT2D eigenvalue weighted by molar-refractivity contribution is 0.172. The molecule has 1 atom stereocenters. The maximum Gasteiger partial charge on any atom is 0.213 e. The van der Waals surface area contributed by atoms with Gasteiger partial charge in [-0.1, -0.05) is 0 Å². The number of allylic oxidation sites excluding steroid dienone is 3. The van der Waals surface area contributed by atoms with Crippen LogP contribution in [-0.4, -0.2) is 23.9 Å². The second-order valence-corrected chi connectivity index (χ2v) is 3.14. The quantitative estimate of drug-likeness (QED) is 0.573. The van der Waals surface area contributed by atoms with E-state index in [1.54, 1.807) is 6.26 Å². The van der Waals surface area contributed by atoms with Gasteiger partial charge in [-0.15, -0.1) is 0 Å². The van der Waals surface area contributed by atoms with Crippen molar-refractivity contribution in [2.75, 3.05) is 13.2 Å². The van der Waals surface area contributed by atoms with Crippen molar-refractivity contribution >= 4 is 0 Å². The topological polar surface area (TPSA) is 42.0 Å². The van der Waals surface area contributed by atoms with E-state index >= 15 is 0 Å². The molecule has 3 heteroatoms. The molecule has 0 aromatic carbocycles. The maximum atomic E-state index is 9.13. The van der Waals surface area contributed by atoms with Crippen LogP contribution in [0.1, 0.15) is 0 Å². The fourth-order valence-corrected chi connectivity index (χ4v) is 1.79. The highest BCUT2D eigenvalue weighted by molar-refractivity contribution is 5.59. The minimum Gasteiger partial charge on any atom is -0.497 e. The van der Waals surface area contributed by atoms with Crippen LogP contribution in [0.5, 0.6) is 0 Å². The Kier molecular flexibility index (Phi) is 0.919. The number of aliphatic hydroxyl groups excluding tert-OH is 1.